The number of benzene rings is 9. The van der Waals surface area contributed by atoms with Gasteiger partial charge in [0.1, 0.15) is 18.2 Å². The molecule has 11 rings (SSSR count). The van der Waals surface area contributed by atoms with Crippen molar-refractivity contribution in [3.8, 4) is 22.3 Å². The van der Waals surface area contributed by atoms with Crippen LogP contribution in [0.5, 0.6) is 0 Å². The summed E-state index contributed by atoms with van der Waals surface area (Å²) < 4.78 is 0. The average molecular weight is 730 g/mol. The van der Waals surface area contributed by atoms with E-state index in [1.54, 1.807) is 0 Å². The van der Waals surface area contributed by atoms with Crippen molar-refractivity contribution in [1.82, 2.24) is 10.6 Å². The number of nitrogens with zero attached hydrogens (tertiary/aromatic N) is 1. The number of nitrogens with one attached hydrogen (secondary N) is 2. The highest BCUT2D eigenvalue weighted by atomic mass is 15.3. The monoisotopic (exact) mass is 729 g/mol. The first kappa shape index (κ1) is 33.3. The van der Waals surface area contributed by atoms with Crippen molar-refractivity contribution >= 4 is 27.4 Å². The van der Waals surface area contributed by atoms with Gasteiger partial charge in [-0.1, -0.05) is 212 Å². The van der Waals surface area contributed by atoms with Gasteiger partial charge in [0.05, 0.1) is 5.41 Å². The maximum absolute atomic E-state index is 5.22. The largest absolute Gasteiger partial charge is 0.350 e. The van der Waals surface area contributed by atoms with Crippen molar-refractivity contribution in [2.24, 2.45) is 4.99 Å². The fraction of sp³-hybridized carbons (Fsp3) is 0.0556. The lowest BCUT2D eigenvalue weighted by molar-refractivity contribution is 0.411. The molecule has 1 heterocycles. The molecule has 0 amide bonds. The fourth-order valence-electron chi connectivity index (χ4n) is 9.54. The molecule has 0 saturated carbocycles. The highest BCUT2D eigenvalue weighted by Gasteiger charge is 2.46. The first-order chi connectivity index (χ1) is 28.3. The molecule has 57 heavy (non-hydrogen) atoms. The van der Waals surface area contributed by atoms with Crippen LogP contribution in [0.3, 0.4) is 0 Å². The molecule has 270 valence electrons. The number of amidine groups is 1. The Morgan fingerprint density at radius 1 is 0.421 bits per heavy atom. The van der Waals surface area contributed by atoms with Crippen LogP contribution in [0.4, 0.5) is 0 Å². The van der Waals surface area contributed by atoms with E-state index in [9.17, 15) is 0 Å². The summed E-state index contributed by atoms with van der Waals surface area (Å²) in [5.74, 6) is 0.873. The maximum atomic E-state index is 5.22. The number of fused-ring (bicyclic) bond motifs is 6. The third kappa shape index (κ3) is 5.35. The predicted octanol–water partition coefficient (Wildman–Crippen LogP) is 12.4. The molecular weight excluding hydrogens is 691 g/mol. The molecule has 0 radical (unpaired) electrons. The SMILES string of the molecule is c1ccc(C2=NC(c3ccccc3)NC(c3c(-c4ccc(C5(c6ccccc6)c6ccccc6-c6c5ccc5ccccc65)cc4)ccc4ccccc34)N2)cc1. The molecule has 9 aromatic carbocycles. The van der Waals surface area contributed by atoms with Gasteiger partial charge in [0.2, 0.25) is 0 Å². The van der Waals surface area contributed by atoms with Gasteiger partial charge in [-0.15, -0.1) is 0 Å². The minimum atomic E-state index is -0.488. The molecule has 0 bridgehead atoms. The van der Waals surface area contributed by atoms with Crippen molar-refractivity contribution in [1.29, 1.82) is 0 Å². The van der Waals surface area contributed by atoms with E-state index in [-0.39, 0.29) is 12.3 Å². The van der Waals surface area contributed by atoms with Gasteiger partial charge in [0.15, 0.2) is 0 Å². The minimum Gasteiger partial charge on any atom is -0.350 e. The molecule has 1 aliphatic heterocycles. The Labute approximate surface area is 333 Å². The van der Waals surface area contributed by atoms with Gasteiger partial charge < -0.3 is 5.32 Å². The first-order valence-electron chi connectivity index (χ1n) is 19.8. The zero-order valence-corrected chi connectivity index (χ0v) is 31.3. The molecule has 2 N–H and O–H groups in total. The molecule has 9 aromatic rings. The minimum absolute atomic E-state index is 0.221. The summed E-state index contributed by atoms with van der Waals surface area (Å²) in [7, 11) is 0. The highest BCUT2D eigenvalue weighted by molar-refractivity contribution is 6.04. The quantitative estimate of drug-likeness (QED) is 0.179. The smallest absolute Gasteiger partial charge is 0.131 e. The summed E-state index contributed by atoms with van der Waals surface area (Å²) in [4.78, 5) is 5.22. The zero-order chi connectivity index (χ0) is 37.8. The van der Waals surface area contributed by atoms with Gasteiger partial charge >= 0.3 is 0 Å². The van der Waals surface area contributed by atoms with E-state index in [1.807, 2.05) is 0 Å². The average Bonchev–Trinajstić information content (AvgIpc) is 3.61. The molecular formula is C54H39N3. The van der Waals surface area contributed by atoms with Gasteiger partial charge in [0, 0.05) is 11.1 Å². The van der Waals surface area contributed by atoms with E-state index in [2.05, 4.69) is 223 Å². The number of aliphatic imine (C=N–C) groups is 1. The second-order valence-corrected chi connectivity index (χ2v) is 15.1. The lowest BCUT2D eigenvalue weighted by Gasteiger charge is -2.35. The summed E-state index contributed by atoms with van der Waals surface area (Å²) in [6.07, 6.45) is -0.451. The summed E-state index contributed by atoms with van der Waals surface area (Å²) in [5.41, 5.74) is 13.0. The van der Waals surface area contributed by atoms with E-state index in [0.717, 1.165) is 22.5 Å². The summed E-state index contributed by atoms with van der Waals surface area (Å²) in [5, 5.41) is 12.7. The Bertz CT molecular complexity index is 2960. The molecule has 3 nitrogen and oxygen atoms in total. The van der Waals surface area contributed by atoms with E-state index >= 15 is 0 Å². The Balaban J connectivity index is 1.09. The van der Waals surface area contributed by atoms with Gasteiger partial charge in [-0.3, -0.25) is 5.32 Å². The highest BCUT2D eigenvalue weighted by Crippen LogP contribution is 2.58. The van der Waals surface area contributed by atoms with Crippen LogP contribution >= 0.6 is 0 Å². The van der Waals surface area contributed by atoms with E-state index in [4.69, 9.17) is 4.99 Å². The topological polar surface area (TPSA) is 36.4 Å². The van der Waals surface area contributed by atoms with Crippen LogP contribution in [0.25, 0.3) is 43.8 Å². The number of rotatable bonds is 6. The van der Waals surface area contributed by atoms with Crippen LogP contribution in [0, 0.1) is 0 Å². The lowest BCUT2D eigenvalue weighted by Crippen LogP contribution is -2.45. The molecule has 0 spiro atoms. The Hall–Kier alpha value is -7.07. The van der Waals surface area contributed by atoms with Crippen LogP contribution in [0.1, 0.15) is 51.3 Å². The molecule has 0 aromatic heterocycles. The summed E-state index contributed by atoms with van der Waals surface area (Å²) in [6, 6.07) is 77.2. The fourth-order valence-corrected chi connectivity index (χ4v) is 9.54. The molecule has 3 atom stereocenters. The van der Waals surface area contributed by atoms with Gasteiger partial charge in [-0.25, -0.2) is 4.99 Å². The lowest BCUT2D eigenvalue weighted by atomic mass is 9.67. The number of hydrogen-bond donors (Lipinski definition) is 2. The van der Waals surface area contributed by atoms with Crippen molar-refractivity contribution in [2.75, 3.05) is 0 Å². The van der Waals surface area contributed by atoms with Gasteiger partial charge in [-0.2, -0.15) is 0 Å². The second-order valence-electron chi connectivity index (χ2n) is 15.1. The maximum Gasteiger partial charge on any atom is 0.131 e. The molecule has 3 heteroatoms. The first-order valence-corrected chi connectivity index (χ1v) is 19.8. The molecule has 3 unspecified atom stereocenters. The van der Waals surface area contributed by atoms with E-state index in [0.29, 0.717) is 0 Å². The molecule has 0 saturated heterocycles. The molecule has 0 fully saturated rings. The van der Waals surface area contributed by atoms with Gasteiger partial charge in [-0.05, 0) is 71.6 Å². The third-order valence-electron chi connectivity index (χ3n) is 12.1. The van der Waals surface area contributed by atoms with Crippen molar-refractivity contribution in [3.63, 3.8) is 0 Å². The Kier molecular flexibility index (Phi) is 7.94. The van der Waals surface area contributed by atoms with E-state index in [1.165, 1.54) is 66.1 Å². The van der Waals surface area contributed by atoms with Crippen LogP contribution < -0.4 is 10.6 Å². The van der Waals surface area contributed by atoms with Crippen LogP contribution in [0.15, 0.2) is 217 Å². The van der Waals surface area contributed by atoms with Crippen molar-refractivity contribution in [3.05, 3.63) is 251 Å². The second kappa shape index (κ2) is 13.6. The Morgan fingerprint density at radius 3 is 1.79 bits per heavy atom. The van der Waals surface area contributed by atoms with E-state index < -0.39 is 5.41 Å². The molecule has 1 aliphatic carbocycles. The number of hydrogen-bond acceptors (Lipinski definition) is 3. The summed E-state index contributed by atoms with van der Waals surface area (Å²) in [6.45, 7) is 0. The third-order valence-corrected chi connectivity index (χ3v) is 12.1. The van der Waals surface area contributed by atoms with Crippen LogP contribution in [-0.4, -0.2) is 5.84 Å². The predicted molar refractivity (Wildman–Crippen MR) is 235 cm³/mol. The van der Waals surface area contributed by atoms with Crippen molar-refractivity contribution in [2.45, 2.75) is 17.7 Å². The summed E-state index contributed by atoms with van der Waals surface area (Å²) >= 11 is 0. The Morgan fingerprint density at radius 2 is 1.02 bits per heavy atom. The normalized spacial score (nSPS) is 18.4. The molecule has 2 aliphatic rings. The van der Waals surface area contributed by atoms with Gasteiger partial charge in [0.25, 0.3) is 0 Å². The standard InChI is InChI=1S/C54H39N3/c1-4-18-39(19-5-1)51-55-52(40-20-6-2-7-21-40)57-53(56-51)50-44-25-13-11-16-36(44)30-34-45(50)38-28-32-42(33-29-38)54(41-22-8-3-9-23-41)47-27-15-14-26-46(47)49-43-24-12-10-17-37(43)31-35-48(49)54/h1-35,51,53,56H,(H,55,57). The van der Waals surface area contributed by atoms with Crippen molar-refractivity contribution < 1.29 is 0 Å². The van der Waals surface area contributed by atoms with Crippen LogP contribution in [0.2, 0.25) is 0 Å². The van der Waals surface area contributed by atoms with Crippen LogP contribution in [-0.2, 0) is 5.41 Å². The zero-order valence-electron chi connectivity index (χ0n) is 31.3.